The summed E-state index contributed by atoms with van der Waals surface area (Å²) in [6.45, 7) is 11.0. The Labute approximate surface area is 164 Å². The van der Waals surface area contributed by atoms with Gasteiger partial charge in [-0.3, -0.25) is 4.79 Å². The van der Waals surface area contributed by atoms with Gasteiger partial charge in [0.2, 0.25) is 10.0 Å². The molecule has 1 fully saturated rings. The number of rotatable bonds is 9. The molecule has 7 heteroatoms. The summed E-state index contributed by atoms with van der Waals surface area (Å²) in [7, 11) is -3.48. The van der Waals surface area contributed by atoms with Gasteiger partial charge in [-0.2, -0.15) is 4.31 Å². The van der Waals surface area contributed by atoms with E-state index in [9.17, 15) is 13.2 Å². The summed E-state index contributed by atoms with van der Waals surface area (Å²) < 4.78 is 26.4. The number of sulfonamides is 1. The summed E-state index contributed by atoms with van der Waals surface area (Å²) >= 11 is 0. The van der Waals surface area contributed by atoms with Crippen molar-refractivity contribution in [3.05, 3.63) is 29.8 Å². The highest BCUT2D eigenvalue weighted by atomic mass is 32.2. The molecule has 0 aromatic heterocycles. The number of hydrogen-bond acceptors (Lipinski definition) is 3. The fourth-order valence-corrected chi connectivity index (χ4v) is 5.01. The average Bonchev–Trinajstić information content (AvgIpc) is 2.67. The lowest BCUT2D eigenvalue weighted by molar-refractivity contribution is -0.906. The van der Waals surface area contributed by atoms with E-state index in [-0.39, 0.29) is 10.8 Å². The van der Waals surface area contributed by atoms with E-state index in [0.717, 1.165) is 18.9 Å². The van der Waals surface area contributed by atoms with Crippen molar-refractivity contribution in [3.8, 4) is 0 Å². The summed E-state index contributed by atoms with van der Waals surface area (Å²) in [5.74, 6) is 0.700. The lowest BCUT2D eigenvalue weighted by Crippen LogP contribution is -3.13. The van der Waals surface area contributed by atoms with Crippen LogP contribution in [0, 0.1) is 5.92 Å². The first-order valence-electron chi connectivity index (χ1n) is 10.1. The van der Waals surface area contributed by atoms with E-state index in [1.807, 2.05) is 13.8 Å². The van der Waals surface area contributed by atoms with Gasteiger partial charge < -0.3 is 10.2 Å². The lowest BCUT2D eigenvalue weighted by atomic mass is 9.99. The minimum Gasteiger partial charge on any atom is -0.352 e. The predicted molar refractivity (Wildman–Crippen MR) is 107 cm³/mol. The summed E-state index contributed by atoms with van der Waals surface area (Å²) in [5.41, 5.74) is 0.493. The quantitative estimate of drug-likeness (QED) is 0.615. The van der Waals surface area contributed by atoms with E-state index < -0.39 is 10.0 Å². The normalized spacial score (nSPS) is 20.6. The molecule has 0 aliphatic carbocycles. The van der Waals surface area contributed by atoms with Crippen molar-refractivity contribution in [2.45, 2.75) is 44.9 Å². The lowest BCUT2D eigenvalue weighted by Gasteiger charge is -2.27. The van der Waals surface area contributed by atoms with Gasteiger partial charge in [-0.25, -0.2) is 8.42 Å². The first-order valence-corrected chi connectivity index (χ1v) is 11.5. The Balaban J connectivity index is 1.81. The maximum atomic E-state index is 12.5. The van der Waals surface area contributed by atoms with Crippen LogP contribution < -0.4 is 10.2 Å². The van der Waals surface area contributed by atoms with Crippen LogP contribution in [0.5, 0.6) is 0 Å². The fourth-order valence-electron chi connectivity index (χ4n) is 3.55. The minimum atomic E-state index is -3.48. The minimum absolute atomic E-state index is 0.149. The average molecular weight is 397 g/mol. The van der Waals surface area contributed by atoms with E-state index in [0.29, 0.717) is 25.2 Å². The van der Waals surface area contributed by atoms with Crippen LogP contribution in [0.1, 0.15) is 50.4 Å². The number of likely N-dealkylation sites (tertiary alicyclic amines) is 1. The molecule has 0 atom stereocenters. The molecule has 1 heterocycles. The van der Waals surface area contributed by atoms with Crippen LogP contribution in [-0.2, 0) is 10.0 Å². The third-order valence-electron chi connectivity index (χ3n) is 5.43. The molecule has 1 saturated heterocycles. The Morgan fingerprint density at radius 3 is 2.30 bits per heavy atom. The number of quaternary nitrogens is 1. The monoisotopic (exact) mass is 396 g/mol. The summed E-state index contributed by atoms with van der Waals surface area (Å²) in [6.07, 6.45) is 3.55. The number of carbonyl (C=O) groups excluding carboxylic acids is 1. The zero-order valence-electron chi connectivity index (χ0n) is 16.8. The number of nitrogens with one attached hydrogen (secondary N) is 2. The predicted octanol–water partition coefficient (Wildman–Crippen LogP) is 1.15. The van der Waals surface area contributed by atoms with Crippen LogP contribution in [-0.4, -0.2) is 57.9 Å². The summed E-state index contributed by atoms with van der Waals surface area (Å²) in [4.78, 5) is 14.1. The van der Waals surface area contributed by atoms with Gasteiger partial charge >= 0.3 is 0 Å². The molecule has 0 bridgehead atoms. The molecule has 0 radical (unpaired) electrons. The van der Waals surface area contributed by atoms with Gasteiger partial charge in [-0.15, -0.1) is 0 Å². The van der Waals surface area contributed by atoms with Gasteiger partial charge in [0.15, 0.2) is 0 Å². The van der Waals surface area contributed by atoms with Crippen LogP contribution >= 0.6 is 0 Å². The molecule has 1 aliphatic rings. The second kappa shape index (κ2) is 10.2. The molecule has 152 valence electrons. The molecule has 1 amide bonds. The first-order chi connectivity index (χ1) is 12.9. The number of amides is 1. The van der Waals surface area contributed by atoms with Gasteiger partial charge in [0, 0.05) is 31.6 Å². The molecule has 0 unspecified atom stereocenters. The molecule has 2 rings (SSSR count). The highest BCUT2D eigenvalue weighted by Crippen LogP contribution is 2.16. The van der Waals surface area contributed by atoms with Crippen molar-refractivity contribution in [1.29, 1.82) is 0 Å². The smallest absolute Gasteiger partial charge is 0.251 e. The van der Waals surface area contributed by atoms with Crippen molar-refractivity contribution in [2.24, 2.45) is 5.92 Å². The third-order valence-corrected chi connectivity index (χ3v) is 7.50. The molecule has 27 heavy (non-hydrogen) atoms. The molecule has 1 aromatic carbocycles. The van der Waals surface area contributed by atoms with Crippen LogP contribution in [0.2, 0.25) is 0 Å². The SMILES string of the molecule is CCN(CC)S(=O)(=O)c1ccc(C(=O)NCCC[NH+]2CCC(C)CC2)cc1. The van der Waals surface area contributed by atoms with E-state index >= 15 is 0 Å². The third kappa shape index (κ3) is 6.02. The van der Waals surface area contributed by atoms with Crippen molar-refractivity contribution < 1.29 is 18.1 Å². The Morgan fingerprint density at radius 2 is 1.74 bits per heavy atom. The van der Waals surface area contributed by atoms with E-state index in [2.05, 4.69) is 12.2 Å². The zero-order valence-corrected chi connectivity index (χ0v) is 17.6. The number of hydrogen-bond donors (Lipinski definition) is 2. The Hall–Kier alpha value is -1.44. The maximum absolute atomic E-state index is 12.5. The molecule has 0 saturated carbocycles. The Kier molecular flexibility index (Phi) is 8.26. The molecule has 1 aliphatic heterocycles. The molecule has 2 N–H and O–H groups in total. The summed E-state index contributed by atoms with van der Waals surface area (Å²) in [5, 5.41) is 2.94. The van der Waals surface area contributed by atoms with Crippen LogP contribution in [0.15, 0.2) is 29.2 Å². The Bertz CT molecular complexity index is 692. The van der Waals surface area contributed by atoms with Crippen molar-refractivity contribution in [1.82, 2.24) is 9.62 Å². The van der Waals surface area contributed by atoms with Gasteiger partial charge in [-0.05, 0) is 43.0 Å². The molecule has 0 spiro atoms. The standard InChI is InChI=1S/C20H33N3O3S/c1-4-23(5-2)27(25,26)19-9-7-18(8-10-19)20(24)21-13-6-14-22-15-11-17(3)12-16-22/h7-10,17H,4-6,11-16H2,1-3H3,(H,21,24)/p+1. The largest absolute Gasteiger partial charge is 0.352 e. The van der Waals surface area contributed by atoms with Gasteiger partial charge in [0.05, 0.1) is 24.5 Å². The Morgan fingerprint density at radius 1 is 1.15 bits per heavy atom. The fraction of sp³-hybridized carbons (Fsp3) is 0.650. The van der Waals surface area contributed by atoms with Gasteiger partial charge in [0.25, 0.3) is 5.91 Å². The second-order valence-electron chi connectivity index (χ2n) is 7.41. The maximum Gasteiger partial charge on any atom is 0.251 e. The van der Waals surface area contributed by atoms with E-state index in [4.69, 9.17) is 0 Å². The zero-order chi connectivity index (χ0) is 19.9. The molecular weight excluding hydrogens is 362 g/mol. The van der Waals surface area contributed by atoms with Crippen molar-refractivity contribution in [3.63, 3.8) is 0 Å². The summed E-state index contributed by atoms with van der Waals surface area (Å²) in [6, 6.07) is 6.20. The number of carbonyl (C=O) groups is 1. The van der Waals surface area contributed by atoms with E-state index in [1.54, 1.807) is 17.0 Å². The van der Waals surface area contributed by atoms with Crippen LogP contribution in [0.4, 0.5) is 0 Å². The number of piperidine rings is 1. The van der Waals surface area contributed by atoms with Crippen molar-refractivity contribution >= 4 is 15.9 Å². The van der Waals surface area contributed by atoms with Crippen LogP contribution in [0.3, 0.4) is 0 Å². The molecule has 1 aromatic rings. The highest BCUT2D eigenvalue weighted by molar-refractivity contribution is 7.89. The van der Waals surface area contributed by atoms with Gasteiger partial charge in [-0.1, -0.05) is 20.8 Å². The highest BCUT2D eigenvalue weighted by Gasteiger charge is 2.22. The molecular formula is C20H34N3O3S+. The van der Waals surface area contributed by atoms with Crippen LogP contribution in [0.25, 0.3) is 0 Å². The molecule has 6 nitrogen and oxygen atoms in total. The van der Waals surface area contributed by atoms with Crippen molar-refractivity contribution in [2.75, 3.05) is 39.3 Å². The first kappa shape index (κ1) is 21.9. The second-order valence-corrected chi connectivity index (χ2v) is 9.34. The van der Waals surface area contributed by atoms with Gasteiger partial charge in [0.1, 0.15) is 0 Å². The van der Waals surface area contributed by atoms with E-state index in [1.165, 1.54) is 42.4 Å². The number of benzene rings is 1. The number of nitrogens with zero attached hydrogens (tertiary/aromatic N) is 1. The topological polar surface area (TPSA) is 70.9 Å².